The summed E-state index contributed by atoms with van der Waals surface area (Å²) >= 11 is 5.53. The van der Waals surface area contributed by atoms with E-state index in [0.29, 0.717) is 21.2 Å². The minimum Gasteiger partial charge on any atom is -0.349 e. The summed E-state index contributed by atoms with van der Waals surface area (Å²) in [5.74, 6) is -0.112. The molecule has 1 saturated heterocycles. The van der Waals surface area contributed by atoms with E-state index in [2.05, 4.69) is 22.1 Å². The molecule has 6 nitrogen and oxygen atoms in total. The minimum absolute atomic E-state index is 0.112. The Morgan fingerprint density at radius 3 is 2.66 bits per heavy atom. The first kappa shape index (κ1) is 22.4. The number of nitrogens with zero attached hydrogens (tertiary/aromatic N) is 2. The topological polar surface area (TPSA) is 70.1 Å². The van der Waals surface area contributed by atoms with Crippen molar-refractivity contribution >= 4 is 29.0 Å². The van der Waals surface area contributed by atoms with Crippen molar-refractivity contribution in [2.75, 3.05) is 19.6 Å². The van der Waals surface area contributed by atoms with Gasteiger partial charge in [-0.1, -0.05) is 19.1 Å². The van der Waals surface area contributed by atoms with Gasteiger partial charge >= 0.3 is 0 Å². The van der Waals surface area contributed by atoms with Crippen molar-refractivity contribution in [1.29, 1.82) is 0 Å². The number of aromatic nitrogens is 2. The number of nitrogens with one attached hydrogen (secondary N) is 2. The lowest BCUT2D eigenvalue weighted by molar-refractivity contribution is 0.0911. The van der Waals surface area contributed by atoms with Crippen LogP contribution in [0.2, 0.25) is 0 Å². The molecule has 0 bridgehead atoms. The fraction of sp³-hybridized carbons (Fsp3) is 0.400. The average Bonchev–Trinajstić information content (AvgIpc) is 2.77. The van der Waals surface area contributed by atoms with Gasteiger partial charge in [-0.2, -0.15) is 0 Å². The number of rotatable bonds is 5. The highest BCUT2D eigenvalue weighted by Crippen LogP contribution is 2.19. The summed E-state index contributed by atoms with van der Waals surface area (Å²) in [6, 6.07) is 11.2. The first-order valence-corrected chi connectivity index (χ1v) is 11.7. The molecule has 2 aromatic carbocycles. The van der Waals surface area contributed by atoms with E-state index in [1.165, 1.54) is 4.57 Å². The van der Waals surface area contributed by atoms with Gasteiger partial charge in [-0.3, -0.25) is 14.2 Å². The van der Waals surface area contributed by atoms with Gasteiger partial charge in [0.05, 0.1) is 16.6 Å². The first-order valence-electron chi connectivity index (χ1n) is 11.3. The number of aromatic amines is 1. The second-order valence-corrected chi connectivity index (χ2v) is 9.03. The number of benzene rings is 2. The molecule has 1 aromatic heterocycles. The van der Waals surface area contributed by atoms with E-state index in [9.17, 15) is 9.59 Å². The Balaban J connectivity index is 1.60. The molecular weight excluding hydrogens is 420 g/mol. The zero-order valence-electron chi connectivity index (χ0n) is 18.9. The van der Waals surface area contributed by atoms with E-state index in [1.807, 2.05) is 32.0 Å². The van der Waals surface area contributed by atoms with Gasteiger partial charge in [0, 0.05) is 24.7 Å². The van der Waals surface area contributed by atoms with Gasteiger partial charge in [-0.15, -0.1) is 0 Å². The Morgan fingerprint density at radius 2 is 1.94 bits per heavy atom. The highest BCUT2D eigenvalue weighted by Gasteiger charge is 2.21. The number of hydrogen-bond acceptors (Lipinski definition) is 4. The van der Waals surface area contributed by atoms with Crippen molar-refractivity contribution < 1.29 is 4.79 Å². The lowest BCUT2D eigenvalue weighted by Crippen LogP contribution is -2.44. The summed E-state index contributed by atoms with van der Waals surface area (Å²) in [7, 11) is 0. The fourth-order valence-electron chi connectivity index (χ4n) is 4.44. The van der Waals surface area contributed by atoms with Gasteiger partial charge in [0.15, 0.2) is 4.77 Å². The third kappa shape index (κ3) is 4.40. The number of H-pyrrole nitrogens is 1. The molecule has 1 aliphatic rings. The van der Waals surface area contributed by atoms with Crippen LogP contribution in [-0.2, 0) is 0 Å². The Labute approximate surface area is 193 Å². The Kier molecular flexibility index (Phi) is 6.58. The maximum absolute atomic E-state index is 13.3. The molecule has 1 amide bonds. The van der Waals surface area contributed by atoms with Crippen molar-refractivity contribution in [1.82, 2.24) is 19.8 Å². The maximum Gasteiger partial charge on any atom is 0.266 e. The van der Waals surface area contributed by atoms with Crippen LogP contribution in [0.1, 0.15) is 47.7 Å². The van der Waals surface area contributed by atoms with Crippen molar-refractivity contribution in [2.24, 2.45) is 0 Å². The Morgan fingerprint density at radius 1 is 1.19 bits per heavy atom. The third-order valence-electron chi connectivity index (χ3n) is 6.44. The SMILES string of the molecule is CCCN1CCC(NC(=O)c2ccc3c(=O)n(-c4cccc(C)c4C)c(=S)[nH]c3c2)CC1. The van der Waals surface area contributed by atoms with Gasteiger partial charge in [-0.25, -0.2) is 0 Å². The van der Waals surface area contributed by atoms with Crippen molar-refractivity contribution in [3.8, 4) is 5.69 Å². The molecule has 0 saturated carbocycles. The van der Waals surface area contributed by atoms with Crippen LogP contribution >= 0.6 is 12.2 Å². The van der Waals surface area contributed by atoms with Crippen LogP contribution in [0.5, 0.6) is 0 Å². The number of likely N-dealkylation sites (tertiary alicyclic amines) is 1. The van der Waals surface area contributed by atoms with Crippen LogP contribution in [0.25, 0.3) is 16.6 Å². The fourth-order valence-corrected chi connectivity index (χ4v) is 4.73. The molecular formula is C25H30N4O2S. The van der Waals surface area contributed by atoms with Crippen LogP contribution in [0, 0.1) is 18.6 Å². The molecule has 0 spiro atoms. The van der Waals surface area contributed by atoms with E-state index in [0.717, 1.165) is 55.7 Å². The molecule has 1 aliphatic heterocycles. The lowest BCUT2D eigenvalue weighted by atomic mass is 10.0. The van der Waals surface area contributed by atoms with Crippen molar-refractivity contribution in [2.45, 2.75) is 46.1 Å². The van der Waals surface area contributed by atoms with Crippen LogP contribution in [0.4, 0.5) is 0 Å². The zero-order valence-corrected chi connectivity index (χ0v) is 19.7. The molecule has 4 rings (SSSR count). The van der Waals surface area contributed by atoms with E-state index < -0.39 is 0 Å². The molecule has 0 atom stereocenters. The highest BCUT2D eigenvalue weighted by molar-refractivity contribution is 7.71. The zero-order chi connectivity index (χ0) is 22.8. The number of hydrogen-bond donors (Lipinski definition) is 2. The number of fused-ring (bicyclic) bond motifs is 1. The maximum atomic E-state index is 13.3. The quantitative estimate of drug-likeness (QED) is 0.570. The summed E-state index contributed by atoms with van der Waals surface area (Å²) in [5, 5.41) is 3.66. The second-order valence-electron chi connectivity index (χ2n) is 8.64. The Bertz CT molecular complexity index is 1270. The summed E-state index contributed by atoms with van der Waals surface area (Å²) in [5.41, 5.74) is 3.79. The van der Waals surface area contributed by atoms with E-state index in [-0.39, 0.29) is 17.5 Å². The van der Waals surface area contributed by atoms with E-state index >= 15 is 0 Å². The monoisotopic (exact) mass is 450 g/mol. The van der Waals surface area contributed by atoms with Gasteiger partial charge in [0.2, 0.25) is 0 Å². The number of aryl methyl sites for hydroxylation is 1. The molecule has 3 aromatic rings. The largest absolute Gasteiger partial charge is 0.349 e. The van der Waals surface area contributed by atoms with Crippen molar-refractivity contribution in [3.63, 3.8) is 0 Å². The summed E-state index contributed by atoms with van der Waals surface area (Å²) in [6.07, 6.45) is 3.07. The predicted molar refractivity (Wildman–Crippen MR) is 131 cm³/mol. The third-order valence-corrected chi connectivity index (χ3v) is 6.72. The van der Waals surface area contributed by atoms with Crippen LogP contribution in [0.15, 0.2) is 41.2 Å². The van der Waals surface area contributed by atoms with Gasteiger partial charge < -0.3 is 15.2 Å². The molecule has 32 heavy (non-hydrogen) atoms. The van der Waals surface area contributed by atoms with E-state index in [4.69, 9.17) is 12.2 Å². The van der Waals surface area contributed by atoms with Crippen LogP contribution in [0.3, 0.4) is 0 Å². The Hall–Kier alpha value is -2.77. The highest BCUT2D eigenvalue weighted by atomic mass is 32.1. The summed E-state index contributed by atoms with van der Waals surface area (Å²) in [6.45, 7) is 9.33. The number of carbonyl (C=O) groups excluding carboxylic acids is 1. The van der Waals surface area contributed by atoms with Crippen molar-refractivity contribution in [3.05, 3.63) is 68.2 Å². The van der Waals surface area contributed by atoms with E-state index in [1.54, 1.807) is 18.2 Å². The predicted octanol–water partition coefficient (Wildman–Crippen LogP) is 4.27. The number of piperidine rings is 1. The summed E-state index contributed by atoms with van der Waals surface area (Å²) < 4.78 is 1.85. The molecule has 2 N–H and O–H groups in total. The number of carbonyl (C=O) groups is 1. The minimum atomic E-state index is -0.187. The average molecular weight is 451 g/mol. The second kappa shape index (κ2) is 9.38. The lowest BCUT2D eigenvalue weighted by Gasteiger charge is -2.32. The molecule has 168 valence electrons. The number of amides is 1. The molecule has 1 fully saturated rings. The smallest absolute Gasteiger partial charge is 0.266 e. The van der Waals surface area contributed by atoms with Crippen LogP contribution < -0.4 is 10.9 Å². The van der Waals surface area contributed by atoms with Gasteiger partial charge in [0.25, 0.3) is 11.5 Å². The molecule has 0 radical (unpaired) electrons. The molecule has 0 aliphatic carbocycles. The molecule has 7 heteroatoms. The molecule has 0 unspecified atom stereocenters. The summed E-state index contributed by atoms with van der Waals surface area (Å²) in [4.78, 5) is 31.7. The standard InChI is InChI=1S/C25H30N4O2S/c1-4-12-28-13-10-19(11-14-28)26-23(30)18-8-9-20-21(15-18)27-25(32)29(24(20)31)22-7-5-6-16(2)17(22)3/h5-9,15,19H,4,10-14H2,1-3H3,(H,26,30)(H,27,32). The van der Waals surface area contributed by atoms with Gasteiger partial charge in [-0.05, 0) is 87.3 Å². The van der Waals surface area contributed by atoms with Gasteiger partial charge in [0.1, 0.15) is 0 Å². The van der Waals surface area contributed by atoms with Crippen LogP contribution in [-0.4, -0.2) is 46.0 Å². The molecule has 2 heterocycles. The first-order chi connectivity index (χ1) is 15.4. The normalized spacial score (nSPS) is 15.2.